The van der Waals surface area contributed by atoms with Crippen molar-refractivity contribution in [3.63, 3.8) is 0 Å². The predicted molar refractivity (Wildman–Crippen MR) is 71.7 cm³/mol. The largest absolute Gasteiger partial charge is 0.465 e. The zero-order chi connectivity index (χ0) is 14.1. The van der Waals surface area contributed by atoms with E-state index in [9.17, 15) is 9.59 Å². The zero-order valence-corrected chi connectivity index (χ0v) is 11.5. The fourth-order valence-corrected chi connectivity index (χ4v) is 1.71. The van der Waals surface area contributed by atoms with Crippen molar-refractivity contribution < 1.29 is 19.1 Å². The minimum absolute atomic E-state index is 0.107. The Morgan fingerprint density at radius 1 is 1.16 bits per heavy atom. The van der Waals surface area contributed by atoms with Crippen LogP contribution in [-0.2, 0) is 20.9 Å². The van der Waals surface area contributed by atoms with Gasteiger partial charge in [-0.25, -0.2) is 4.79 Å². The van der Waals surface area contributed by atoms with Gasteiger partial charge in [-0.15, -0.1) is 0 Å². The Bertz CT molecular complexity index is 426. The summed E-state index contributed by atoms with van der Waals surface area (Å²) in [7, 11) is 1.33. The van der Waals surface area contributed by atoms with Crippen LogP contribution in [0.15, 0.2) is 24.3 Å². The van der Waals surface area contributed by atoms with Gasteiger partial charge >= 0.3 is 11.9 Å². The minimum Gasteiger partial charge on any atom is -0.465 e. The molecule has 0 saturated carbocycles. The lowest BCUT2D eigenvalue weighted by Gasteiger charge is -2.08. The van der Waals surface area contributed by atoms with Crippen LogP contribution >= 0.6 is 0 Å². The van der Waals surface area contributed by atoms with Crippen LogP contribution in [0.3, 0.4) is 0 Å². The molecule has 0 N–H and O–H groups in total. The molecule has 0 atom stereocenters. The van der Waals surface area contributed by atoms with Crippen LogP contribution in [-0.4, -0.2) is 19.0 Å². The van der Waals surface area contributed by atoms with Gasteiger partial charge < -0.3 is 9.47 Å². The van der Waals surface area contributed by atoms with E-state index in [2.05, 4.69) is 11.7 Å². The fourth-order valence-electron chi connectivity index (χ4n) is 1.71. The summed E-state index contributed by atoms with van der Waals surface area (Å²) >= 11 is 0. The molecule has 1 aromatic rings. The Morgan fingerprint density at radius 2 is 1.89 bits per heavy atom. The molecule has 0 unspecified atom stereocenters. The number of carbonyl (C=O) groups excluding carboxylic acids is 2. The smallest absolute Gasteiger partial charge is 0.338 e. The van der Waals surface area contributed by atoms with Gasteiger partial charge in [0.1, 0.15) is 6.61 Å². The summed E-state index contributed by atoms with van der Waals surface area (Å²) in [5, 5.41) is 0. The molecule has 0 bridgehead atoms. The molecule has 4 nitrogen and oxygen atoms in total. The van der Waals surface area contributed by atoms with Crippen molar-refractivity contribution in [1.82, 2.24) is 0 Å². The number of hydrogen-bond acceptors (Lipinski definition) is 4. The van der Waals surface area contributed by atoms with Gasteiger partial charge in [0.25, 0.3) is 0 Å². The summed E-state index contributed by atoms with van der Waals surface area (Å²) in [4.78, 5) is 23.0. The number of benzene rings is 1. The third-order valence-corrected chi connectivity index (χ3v) is 2.80. The Morgan fingerprint density at radius 3 is 2.58 bits per heavy atom. The molecule has 0 aliphatic heterocycles. The summed E-state index contributed by atoms with van der Waals surface area (Å²) in [6, 6.07) is 6.96. The minimum atomic E-state index is -0.419. The maximum atomic E-state index is 11.5. The highest BCUT2D eigenvalue weighted by Crippen LogP contribution is 2.12. The molecule has 0 spiro atoms. The van der Waals surface area contributed by atoms with E-state index in [4.69, 9.17) is 4.74 Å². The van der Waals surface area contributed by atoms with E-state index in [0.717, 1.165) is 19.3 Å². The number of esters is 2. The van der Waals surface area contributed by atoms with Crippen LogP contribution in [0.4, 0.5) is 0 Å². The monoisotopic (exact) mass is 264 g/mol. The lowest BCUT2D eigenvalue weighted by atomic mass is 10.1. The van der Waals surface area contributed by atoms with Crippen molar-refractivity contribution >= 4 is 11.9 Å². The number of unbranched alkanes of at least 4 members (excludes halogenated alkanes) is 2. The summed E-state index contributed by atoms with van der Waals surface area (Å²) in [6.45, 7) is 2.19. The van der Waals surface area contributed by atoms with Crippen LogP contribution in [0.1, 0.15) is 48.5 Å². The molecule has 0 amide bonds. The maximum Gasteiger partial charge on any atom is 0.338 e. The van der Waals surface area contributed by atoms with Crippen molar-refractivity contribution in [2.75, 3.05) is 7.11 Å². The summed E-state index contributed by atoms with van der Waals surface area (Å²) in [5.41, 5.74) is 1.10. The molecule has 0 aromatic heterocycles. The van der Waals surface area contributed by atoms with Crippen LogP contribution in [0.2, 0.25) is 0 Å². The maximum absolute atomic E-state index is 11.5. The first-order valence-electron chi connectivity index (χ1n) is 6.50. The Balaban J connectivity index is 2.53. The normalized spacial score (nSPS) is 10.0. The number of ether oxygens (including phenoxy) is 2. The topological polar surface area (TPSA) is 52.6 Å². The zero-order valence-electron chi connectivity index (χ0n) is 11.5. The van der Waals surface area contributed by atoms with E-state index in [1.54, 1.807) is 24.3 Å². The second kappa shape index (κ2) is 8.29. The SMILES string of the molecule is CCCCCC(=O)OCc1ccccc1C(=O)OC. The number of hydrogen-bond donors (Lipinski definition) is 0. The fraction of sp³-hybridized carbons (Fsp3) is 0.467. The lowest BCUT2D eigenvalue weighted by molar-refractivity contribution is -0.145. The average Bonchev–Trinajstić information content (AvgIpc) is 2.45. The highest BCUT2D eigenvalue weighted by molar-refractivity contribution is 5.91. The standard InChI is InChI=1S/C15H20O4/c1-3-4-5-10-14(16)19-11-12-8-6-7-9-13(12)15(17)18-2/h6-9H,3-5,10-11H2,1-2H3. The molecule has 0 saturated heterocycles. The van der Waals surface area contributed by atoms with E-state index < -0.39 is 5.97 Å². The molecule has 0 aliphatic rings. The van der Waals surface area contributed by atoms with E-state index >= 15 is 0 Å². The molecule has 19 heavy (non-hydrogen) atoms. The molecule has 0 fully saturated rings. The predicted octanol–water partition coefficient (Wildman–Crippen LogP) is 3.10. The van der Waals surface area contributed by atoms with Crippen molar-refractivity contribution in [2.24, 2.45) is 0 Å². The van der Waals surface area contributed by atoms with E-state index in [1.165, 1.54) is 7.11 Å². The van der Waals surface area contributed by atoms with E-state index in [1.807, 2.05) is 0 Å². The van der Waals surface area contributed by atoms with E-state index in [-0.39, 0.29) is 12.6 Å². The summed E-state index contributed by atoms with van der Waals surface area (Å²) in [5.74, 6) is -0.647. The summed E-state index contributed by atoms with van der Waals surface area (Å²) < 4.78 is 9.85. The average molecular weight is 264 g/mol. The molecule has 0 aliphatic carbocycles. The molecule has 104 valence electrons. The van der Waals surface area contributed by atoms with Gasteiger partial charge in [-0.2, -0.15) is 0 Å². The van der Waals surface area contributed by atoms with Crippen molar-refractivity contribution in [3.8, 4) is 0 Å². The molecular formula is C15H20O4. The highest BCUT2D eigenvalue weighted by atomic mass is 16.5. The van der Waals surface area contributed by atoms with Gasteiger partial charge in [-0.05, 0) is 12.5 Å². The van der Waals surface area contributed by atoms with E-state index in [0.29, 0.717) is 17.5 Å². The van der Waals surface area contributed by atoms with Gasteiger partial charge in [-0.3, -0.25) is 4.79 Å². The third-order valence-electron chi connectivity index (χ3n) is 2.80. The second-order valence-electron chi connectivity index (χ2n) is 4.27. The second-order valence-corrected chi connectivity index (χ2v) is 4.27. The first-order valence-corrected chi connectivity index (χ1v) is 6.50. The lowest BCUT2D eigenvalue weighted by Crippen LogP contribution is -2.09. The van der Waals surface area contributed by atoms with Crippen molar-refractivity contribution in [1.29, 1.82) is 0 Å². The molecule has 4 heteroatoms. The Hall–Kier alpha value is -1.84. The Kier molecular flexibility index (Phi) is 6.64. The highest BCUT2D eigenvalue weighted by Gasteiger charge is 2.12. The van der Waals surface area contributed by atoms with Crippen molar-refractivity contribution in [3.05, 3.63) is 35.4 Å². The van der Waals surface area contributed by atoms with Gasteiger partial charge in [0.05, 0.1) is 12.7 Å². The molecule has 1 rings (SSSR count). The van der Waals surface area contributed by atoms with Crippen LogP contribution in [0, 0.1) is 0 Å². The molecule has 0 radical (unpaired) electrons. The van der Waals surface area contributed by atoms with Gasteiger partial charge in [0, 0.05) is 12.0 Å². The van der Waals surface area contributed by atoms with Gasteiger partial charge in [0.15, 0.2) is 0 Å². The quantitative estimate of drug-likeness (QED) is 0.561. The molecule has 1 aromatic carbocycles. The van der Waals surface area contributed by atoms with Gasteiger partial charge in [0.2, 0.25) is 0 Å². The van der Waals surface area contributed by atoms with Crippen LogP contribution in [0.5, 0.6) is 0 Å². The van der Waals surface area contributed by atoms with Crippen LogP contribution in [0.25, 0.3) is 0 Å². The first kappa shape index (κ1) is 15.2. The first-order chi connectivity index (χ1) is 9.19. The molecule has 0 heterocycles. The summed E-state index contributed by atoms with van der Waals surface area (Å²) in [6.07, 6.45) is 3.36. The van der Waals surface area contributed by atoms with Crippen molar-refractivity contribution in [2.45, 2.75) is 39.2 Å². The number of carbonyl (C=O) groups is 2. The van der Waals surface area contributed by atoms with Crippen LogP contribution < -0.4 is 0 Å². The third kappa shape index (κ3) is 5.12. The number of rotatable bonds is 7. The van der Waals surface area contributed by atoms with Gasteiger partial charge in [-0.1, -0.05) is 38.0 Å². The number of methoxy groups -OCH3 is 1. The molecular weight excluding hydrogens is 244 g/mol. The Labute approximate surface area is 113 Å².